The van der Waals surface area contributed by atoms with Crippen molar-refractivity contribution in [3.05, 3.63) is 11.3 Å². The first-order chi connectivity index (χ1) is 6.90. The van der Waals surface area contributed by atoms with Gasteiger partial charge in [-0.1, -0.05) is 11.6 Å². The number of hydrogen-bond acceptors (Lipinski definition) is 5. The number of rotatable bonds is 3. The molecule has 84 valence electrons. The predicted octanol–water partition coefficient (Wildman–Crippen LogP) is 0.919. The molecule has 3 N–H and O–H groups in total. The molecule has 0 aliphatic carbocycles. The smallest absolute Gasteiger partial charge is 0.153 e. The topological polar surface area (TPSA) is 75.3 Å². The maximum absolute atomic E-state index is 9.23. The van der Waals surface area contributed by atoms with Crippen LogP contribution in [0.4, 0.5) is 11.6 Å². The van der Waals surface area contributed by atoms with Crippen molar-refractivity contribution in [2.45, 2.75) is 19.4 Å². The minimum atomic E-state index is -0.454. The molecule has 1 rings (SSSR count). The van der Waals surface area contributed by atoms with Gasteiger partial charge in [0.05, 0.1) is 12.1 Å². The molecule has 0 radical (unpaired) electrons. The molecular formula is C9H15ClN4O. The van der Waals surface area contributed by atoms with E-state index in [1.54, 1.807) is 11.9 Å². The fourth-order valence-corrected chi connectivity index (χ4v) is 1.22. The van der Waals surface area contributed by atoms with E-state index in [-0.39, 0.29) is 12.4 Å². The van der Waals surface area contributed by atoms with Crippen molar-refractivity contribution in [3.8, 4) is 0 Å². The van der Waals surface area contributed by atoms with E-state index in [2.05, 4.69) is 9.97 Å². The third-order valence-electron chi connectivity index (χ3n) is 2.41. The molecule has 0 atom stereocenters. The van der Waals surface area contributed by atoms with Crippen LogP contribution in [0.2, 0.25) is 5.02 Å². The van der Waals surface area contributed by atoms with Crippen LogP contribution in [-0.2, 0) is 0 Å². The minimum Gasteiger partial charge on any atom is -0.394 e. The van der Waals surface area contributed by atoms with Crippen LogP contribution in [0.5, 0.6) is 0 Å². The Hall–Kier alpha value is -1.07. The zero-order valence-electron chi connectivity index (χ0n) is 9.03. The number of halogens is 1. The van der Waals surface area contributed by atoms with E-state index in [1.807, 2.05) is 13.8 Å². The lowest BCUT2D eigenvalue weighted by molar-refractivity contribution is 0.215. The summed E-state index contributed by atoms with van der Waals surface area (Å²) in [7, 11) is 1.80. The van der Waals surface area contributed by atoms with Gasteiger partial charge in [0.25, 0.3) is 0 Å². The molecule has 0 aromatic carbocycles. The number of nitrogens with zero attached hydrogens (tertiary/aromatic N) is 3. The Morgan fingerprint density at radius 2 is 2.13 bits per heavy atom. The maximum Gasteiger partial charge on any atom is 0.153 e. The summed E-state index contributed by atoms with van der Waals surface area (Å²) in [5.74, 6) is 0.755. The number of aromatic nitrogens is 2. The molecule has 1 aromatic heterocycles. The molecule has 0 fully saturated rings. The summed E-state index contributed by atoms with van der Waals surface area (Å²) in [6, 6.07) is 0. The van der Waals surface area contributed by atoms with Crippen LogP contribution in [0.1, 0.15) is 13.8 Å². The highest BCUT2D eigenvalue weighted by molar-refractivity contribution is 6.35. The predicted molar refractivity (Wildman–Crippen MR) is 61.0 cm³/mol. The largest absolute Gasteiger partial charge is 0.394 e. The highest BCUT2D eigenvalue weighted by atomic mass is 35.5. The third-order valence-corrected chi connectivity index (χ3v) is 2.77. The summed E-state index contributed by atoms with van der Waals surface area (Å²) in [5.41, 5.74) is 5.12. The normalized spacial score (nSPS) is 11.5. The van der Waals surface area contributed by atoms with Crippen molar-refractivity contribution >= 4 is 23.2 Å². The highest BCUT2D eigenvalue weighted by Gasteiger charge is 2.26. The minimum absolute atomic E-state index is 0.0102. The Bertz CT molecular complexity index is 356. The number of nitrogen functional groups attached to an aromatic ring is 1. The number of nitrogens with two attached hydrogens (primary N) is 1. The Balaban J connectivity index is 3.12. The molecule has 0 saturated carbocycles. The second-order valence-corrected chi connectivity index (χ2v) is 4.30. The van der Waals surface area contributed by atoms with E-state index in [4.69, 9.17) is 17.3 Å². The van der Waals surface area contributed by atoms with Gasteiger partial charge in [0.2, 0.25) is 0 Å². The van der Waals surface area contributed by atoms with Gasteiger partial charge in [-0.3, -0.25) is 0 Å². The van der Waals surface area contributed by atoms with Gasteiger partial charge in [-0.05, 0) is 13.8 Å². The Kier molecular flexibility index (Phi) is 3.36. The summed E-state index contributed by atoms with van der Waals surface area (Å²) in [5, 5.41) is 9.53. The molecule has 1 aromatic rings. The SMILES string of the molecule is CN(c1ncnc(N)c1Cl)C(C)(C)CO. The number of anilines is 2. The molecule has 0 bridgehead atoms. The lowest BCUT2D eigenvalue weighted by Crippen LogP contribution is -2.45. The standard InChI is InChI=1S/C9H15ClN4O/c1-9(2,4-15)14(3)8-6(10)7(11)12-5-13-8/h5,15H,4H2,1-3H3,(H2,11,12,13). The van der Waals surface area contributed by atoms with Gasteiger partial charge in [0.1, 0.15) is 17.2 Å². The van der Waals surface area contributed by atoms with Crippen LogP contribution in [0, 0.1) is 0 Å². The summed E-state index contributed by atoms with van der Waals surface area (Å²) in [4.78, 5) is 9.59. The van der Waals surface area contributed by atoms with Crippen LogP contribution in [0.3, 0.4) is 0 Å². The van der Waals surface area contributed by atoms with E-state index in [1.165, 1.54) is 6.33 Å². The van der Waals surface area contributed by atoms with Crippen LogP contribution in [0.25, 0.3) is 0 Å². The van der Waals surface area contributed by atoms with E-state index in [9.17, 15) is 5.11 Å². The van der Waals surface area contributed by atoms with Crippen LogP contribution < -0.4 is 10.6 Å². The molecule has 15 heavy (non-hydrogen) atoms. The van der Waals surface area contributed by atoms with Gasteiger partial charge in [-0.25, -0.2) is 9.97 Å². The van der Waals surface area contributed by atoms with E-state index in [0.717, 1.165) is 0 Å². The second-order valence-electron chi connectivity index (χ2n) is 3.93. The van der Waals surface area contributed by atoms with Crippen molar-refractivity contribution < 1.29 is 5.11 Å². The second kappa shape index (κ2) is 4.20. The average molecular weight is 231 g/mol. The molecule has 0 aliphatic heterocycles. The van der Waals surface area contributed by atoms with Crippen molar-refractivity contribution in [1.82, 2.24) is 9.97 Å². The summed E-state index contributed by atoms with van der Waals surface area (Å²) >= 11 is 5.98. The first-order valence-corrected chi connectivity index (χ1v) is 4.88. The Labute approximate surface area is 93.9 Å². The average Bonchev–Trinajstić information content (AvgIpc) is 2.21. The maximum atomic E-state index is 9.23. The summed E-state index contributed by atoms with van der Waals surface area (Å²) in [6.07, 6.45) is 1.35. The quantitative estimate of drug-likeness (QED) is 0.808. The van der Waals surface area contributed by atoms with Crippen LogP contribution in [-0.4, -0.2) is 34.3 Å². The number of aliphatic hydroxyl groups is 1. The van der Waals surface area contributed by atoms with Crippen molar-refractivity contribution in [2.75, 3.05) is 24.3 Å². The Morgan fingerprint density at radius 3 is 2.67 bits per heavy atom. The molecule has 0 spiro atoms. The van der Waals surface area contributed by atoms with Gasteiger partial charge < -0.3 is 15.7 Å². The van der Waals surface area contributed by atoms with Gasteiger partial charge in [-0.15, -0.1) is 0 Å². The van der Waals surface area contributed by atoms with E-state index in [0.29, 0.717) is 10.8 Å². The van der Waals surface area contributed by atoms with Gasteiger partial charge in [-0.2, -0.15) is 0 Å². The van der Waals surface area contributed by atoms with Crippen molar-refractivity contribution in [3.63, 3.8) is 0 Å². The van der Waals surface area contributed by atoms with Crippen LogP contribution in [0.15, 0.2) is 6.33 Å². The zero-order chi connectivity index (χ0) is 11.6. The molecular weight excluding hydrogens is 216 g/mol. The molecule has 0 unspecified atom stereocenters. The first-order valence-electron chi connectivity index (χ1n) is 4.51. The van der Waals surface area contributed by atoms with Gasteiger partial charge in [0.15, 0.2) is 5.82 Å². The Morgan fingerprint density at radius 1 is 1.53 bits per heavy atom. The summed E-state index contributed by atoms with van der Waals surface area (Å²) < 4.78 is 0. The molecule has 6 heteroatoms. The number of aliphatic hydroxyl groups excluding tert-OH is 1. The molecule has 5 nitrogen and oxygen atoms in total. The van der Waals surface area contributed by atoms with E-state index < -0.39 is 5.54 Å². The number of likely N-dealkylation sites (N-methyl/N-ethyl adjacent to an activating group) is 1. The fraction of sp³-hybridized carbons (Fsp3) is 0.556. The lowest BCUT2D eigenvalue weighted by atomic mass is 10.1. The van der Waals surface area contributed by atoms with Gasteiger partial charge >= 0.3 is 0 Å². The first kappa shape index (κ1) is 12.0. The van der Waals surface area contributed by atoms with Crippen molar-refractivity contribution in [1.29, 1.82) is 0 Å². The monoisotopic (exact) mass is 230 g/mol. The molecule has 0 aliphatic rings. The van der Waals surface area contributed by atoms with Gasteiger partial charge in [0, 0.05) is 7.05 Å². The lowest BCUT2D eigenvalue weighted by Gasteiger charge is -2.35. The van der Waals surface area contributed by atoms with Crippen molar-refractivity contribution in [2.24, 2.45) is 0 Å². The molecule has 1 heterocycles. The molecule has 0 saturated heterocycles. The summed E-state index contributed by atoms with van der Waals surface area (Å²) in [6.45, 7) is 3.74. The zero-order valence-corrected chi connectivity index (χ0v) is 9.78. The number of hydrogen-bond donors (Lipinski definition) is 2. The highest BCUT2D eigenvalue weighted by Crippen LogP contribution is 2.29. The third kappa shape index (κ3) is 2.30. The van der Waals surface area contributed by atoms with Crippen LogP contribution >= 0.6 is 11.6 Å². The van der Waals surface area contributed by atoms with E-state index >= 15 is 0 Å². The molecule has 0 amide bonds. The fourth-order valence-electron chi connectivity index (χ4n) is 1.00.